The van der Waals surface area contributed by atoms with Crippen LogP contribution in [0.4, 0.5) is 0 Å². The highest BCUT2D eigenvalue weighted by molar-refractivity contribution is 5.68. The number of hydrogen-bond acceptors (Lipinski definition) is 3. The average Bonchev–Trinajstić information content (AvgIpc) is 2.43. The second-order valence-electron chi connectivity index (χ2n) is 5.10. The molecule has 0 unspecified atom stereocenters. The average molecular weight is 285 g/mol. The number of hydrogen-bond donors (Lipinski definition) is 2. The topological polar surface area (TPSA) is 72.5 Å². The third-order valence-corrected chi connectivity index (χ3v) is 3.31. The molecule has 2 aromatic carbocycles. The Kier molecular flexibility index (Phi) is 4.60. The van der Waals surface area contributed by atoms with E-state index in [4.69, 9.17) is 15.6 Å². The molecule has 0 heterocycles. The van der Waals surface area contributed by atoms with E-state index in [2.05, 4.69) is 0 Å². The van der Waals surface area contributed by atoms with E-state index >= 15 is 0 Å². The van der Waals surface area contributed by atoms with E-state index in [0.717, 1.165) is 22.4 Å². The summed E-state index contributed by atoms with van der Waals surface area (Å²) in [6.45, 7) is 3.98. The van der Waals surface area contributed by atoms with Gasteiger partial charge in [0.05, 0.1) is 6.42 Å². The largest absolute Gasteiger partial charge is 0.481 e. The number of para-hydroxylation sites is 1. The van der Waals surface area contributed by atoms with Crippen molar-refractivity contribution in [3.8, 4) is 11.5 Å². The lowest BCUT2D eigenvalue weighted by Gasteiger charge is -2.14. The lowest BCUT2D eigenvalue weighted by molar-refractivity contribution is -0.137. The minimum Gasteiger partial charge on any atom is -0.481 e. The van der Waals surface area contributed by atoms with Crippen molar-refractivity contribution in [2.45, 2.75) is 26.3 Å². The van der Waals surface area contributed by atoms with Crippen LogP contribution in [-0.2, 0) is 4.79 Å². The molecule has 0 saturated heterocycles. The predicted octanol–water partition coefficient (Wildman–Crippen LogP) is 3.57. The maximum Gasteiger partial charge on any atom is 0.305 e. The Balaban J connectivity index is 2.24. The minimum absolute atomic E-state index is 0.104. The zero-order chi connectivity index (χ0) is 15.4. The van der Waals surface area contributed by atoms with Crippen LogP contribution in [0.1, 0.15) is 29.2 Å². The van der Waals surface area contributed by atoms with Gasteiger partial charge in [0, 0.05) is 6.04 Å². The van der Waals surface area contributed by atoms with E-state index in [0.29, 0.717) is 5.75 Å². The van der Waals surface area contributed by atoms with Crippen LogP contribution in [0, 0.1) is 13.8 Å². The fourth-order valence-electron chi connectivity index (χ4n) is 2.19. The first kappa shape index (κ1) is 15.1. The highest BCUT2D eigenvalue weighted by Crippen LogP contribution is 2.30. The summed E-state index contributed by atoms with van der Waals surface area (Å²) in [5.41, 5.74) is 8.73. The number of aryl methyl sites for hydroxylation is 2. The van der Waals surface area contributed by atoms with Gasteiger partial charge in [-0.25, -0.2) is 0 Å². The summed E-state index contributed by atoms with van der Waals surface area (Å²) in [6, 6.07) is 12.7. The normalized spacial score (nSPS) is 12.0. The predicted molar refractivity (Wildman–Crippen MR) is 81.6 cm³/mol. The van der Waals surface area contributed by atoms with Gasteiger partial charge in [-0.15, -0.1) is 0 Å². The monoisotopic (exact) mass is 285 g/mol. The molecule has 4 heteroatoms. The van der Waals surface area contributed by atoms with Gasteiger partial charge in [0.15, 0.2) is 0 Å². The van der Waals surface area contributed by atoms with Crippen molar-refractivity contribution >= 4 is 5.97 Å². The maximum atomic E-state index is 10.7. The van der Waals surface area contributed by atoms with Gasteiger partial charge in [-0.3, -0.25) is 4.79 Å². The Morgan fingerprint density at radius 1 is 1.19 bits per heavy atom. The van der Waals surface area contributed by atoms with Crippen molar-refractivity contribution in [1.82, 2.24) is 0 Å². The Morgan fingerprint density at radius 2 is 1.81 bits per heavy atom. The summed E-state index contributed by atoms with van der Waals surface area (Å²) >= 11 is 0. The van der Waals surface area contributed by atoms with Gasteiger partial charge in [0.25, 0.3) is 0 Å². The van der Waals surface area contributed by atoms with E-state index < -0.39 is 12.0 Å². The SMILES string of the molecule is Cc1cccc(C)c1Oc1cccc([C@@H](N)CC(=O)O)c1. The molecular formula is C17H19NO3. The van der Waals surface area contributed by atoms with Crippen molar-refractivity contribution in [2.24, 2.45) is 5.73 Å². The summed E-state index contributed by atoms with van der Waals surface area (Å²) in [5.74, 6) is 0.566. The van der Waals surface area contributed by atoms with Gasteiger partial charge in [-0.1, -0.05) is 30.3 Å². The van der Waals surface area contributed by atoms with Crippen molar-refractivity contribution in [1.29, 1.82) is 0 Å². The number of ether oxygens (including phenoxy) is 1. The second-order valence-corrected chi connectivity index (χ2v) is 5.10. The number of carboxylic acids is 1. The fraction of sp³-hybridized carbons (Fsp3) is 0.235. The maximum absolute atomic E-state index is 10.7. The molecule has 110 valence electrons. The zero-order valence-corrected chi connectivity index (χ0v) is 12.2. The van der Waals surface area contributed by atoms with Crippen molar-refractivity contribution in [3.63, 3.8) is 0 Å². The minimum atomic E-state index is -0.913. The third-order valence-electron chi connectivity index (χ3n) is 3.31. The number of nitrogens with two attached hydrogens (primary N) is 1. The van der Waals surface area contributed by atoms with Crippen LogP contribution in [0.3, 0.4) is 0 Å². The Hall–Kier alpha value is -2.33. The molecule has 1 atom stereocenters. The van der Waals surface area contributed by atoms with E-state index in [-0.39, 0.29) is 6.42 Å². The molecule has 2 aromatic rings. The second kappa shape index (κ2) is 6.41. The van der Waals surface area contributed by atoms with Gasteiger partial charge < -0.3 is 15.6 Å². The number of benzene rings is 2. The quantitative estimate of drug-likeness (QED) is 0.880. The van der Waals surface area contributed by atoms with Gasteiger partial charge in [0.2, 0.25) is 0 Å². The van der Waals surface area contributed by atoms with Crippen LogP contribution < -0.4 is 10.5 Å². The number of carbonyl (C=O) groups is 1. The first-order chi connectivity index (χ1) is 9.97. The van der Waals surface area contributed by atoms with Gasteiger partial charge >= 0.3 is 5.97 Å². The van der Waals surface area contributed by atoms with E-state index in [1.165, 1.54) is 0 Å². The van der Waals surface area contributed by atoms with Crippen molar-refractivity contribution in [3.05, 3.63) is 59.2 Å². The molecule has 2 rings (SSSR count). The molecule has 0 aliphatic heterocycles. The zero-order valence-electron chi connectivity index (χ0n) is 12.2. The fourth-order valence-corrected chi connectivity index (χ4v) is 2.19. The van der Waals surface area contributed by atoms with Crippen LogP contribution in [-0.4, -0.2) is 11.1 Å². The summed E-state index contributed by atoms with van der Waals surface area (Å²) < 4.78 is 5.93. The molecule has 0 aliphatic carbocycles. The molecule has 0 aliphatic rings. The summed E-state index contributed by atoms with van der Waals surface area (Å²) in [4.78, 5) is 10.7. The Labute approximate surface area is 124 Å². The summed E-state index contributed by atoms with van der Waals surface area (Å²) in [7, 11) is 0. The molecule has 21 heavy (non-hydrogen) atoms. The highest BCUT2D eigenvalue weighted by atomic mass is 16.5. The molecule has 0 radical (unpaired) electrons. The number of aliphatic carboxylic acids is 1. The van der Waals surface area contributed by atoms with Crippen LogP contribution in [0.25, 0.3) is 0 Å². The van der Waals surface area contributed by atoms with E-state index in [1.807, 2.05) is 50.2 Å². The highest BCUT2D eigenvalue weighted by Gasteiger charge is 2.12. The molecule has 0 aromatic heterocycles. The Morgan fingerprint density at radius 3 is 2.43 bits per heavy atom. The molecule has 3 N–H and O–H groups in total. The summed E-state index contributed by atoms with van der Waals surface area (Å²) in [6.07, 6.45) is -0.104. The van der Waals surface area contributed by atoms with Crippen LogP contribution in [0.15, 0.2) is 42.5 Å². The first-order valence-electron chi connectivity index (χ1n) is 6.79. The molecule has 0 amide bonds. The summed E-state index contributed by atoms with van der Waals surface area (Å²) in [5, 5.41) is 8.81. The number of rotatable bonds is 5. The van der Waals surface area contributed by atoms with Gasteiger partial charge in [-0.2, -0.15) is 0 Å². The molecule has 0 fully saturated rings. The molecule has 0 saturated carbocycles. The third kappa shape index (κ3) is 3.83. The lowest BCUT2D eigenvalue weighted by Crippen LogP contribution is -2.14. The van der Waals surface area contributed by atoms with E-state index in [9.17, 15) is 4.79 Å². The van der Waals surface area contributed by atoms with Gasteiger partial charge in [-0.05, 0) is 42.7 Å². The van der Waals surface area contributed by atoms with E-state index in [1.54, 1.807) is 6.07 Å². The molecular weight excluding hydrogens is 266 g/mol. The van der Waals surface area contributed by atoms with Crippen LogP contribution >= 0.6 is 0 Å². The lowest BCUT2D eigenvalue weighted by atomic mass is 10.0. The number of carboxylic acid groups (broad SMARTS) is 1. The first-order valence-corrected chi connectivity index (χ1v) is 6.79. The van der Waals surface area contributed by atoms with Gasteiger partial charge in [0.1, 0.15) is 11.5 Å². The molecule has 4 nitrogen and oxygen atoms in total. The Bertz CT molecular complexity index is 632. The van der Waals surface area contributed by atoms with Crippen LogP contribution in [0.2, 0.25) is 0 Å². The van der Waals surface area contributed by atoms with Crippen LogP contribution in [0.5, 0.6) is 11.5 Å². The van der Waals surface area contributed by atoms with Crippen molar-refractivity contribution < 1.29 is 14.6 Å². The smallest absolute Gasteiger partial charge is 0.305 e. The van der Waals surface area contributed by atoms with Crippen molar-refractivity contribution in [2.75, 3.05) is 0 Å². The standard InChI is InChI=1S/C17H19NO3/c1-11-5-3-6-12(2)17(11)21-14-8-4-7-13(9-14)15(18)10-16(19)20/h3-9,15H,10,18H2,1-2H3,(H,19,20)/t15-/m0/s1. The molecule has 0 bridgehead atoms. The molecule has 0 spiro atoms.